The van der Waals surface area contributed by atoms with Crippen LogP contribution in [0.1, 0.15) is 5.56 Å². The van der Waals surface area contributed by atoms with Crippen molar-refractivity contribution in [3.8, 4) is 11.5 Å². The van der Waals surface area contributed by atoms with Crippen LogP contribution in [0.2, 0.25) is 10.0 Å². The lowest BCUT2D eigenvalue weighted by molar-refractivity contribution is -0.113. The fraction of sp³-hybridized carbons (Fsp3) is 0.0588. The minimum atomic E-state index is -0.490. The van der Waals surface area contributed by atoms with Crippen molar-refractivity contribution in [2.45, 2.75) is 0 Å². The van der Waals surface area contributed by atoms with E-state index < -0.39 is 11.1 Å². The Labute approximate surface area is 157 Å². The Morgan fingerprint density at radius 3 is 2.44 bits per heavy atom. The van der Waals surface area contributed by atoms with Crippen LogP contribution in [0.5, 0.6) is 11.5 Å². The number of carbonyl (C=O) groups excluding carboxylic acids is 2. The molecule has 2 amide bonds. The lowest BCUT2D eigenvalue weighted by Crippen LogP contribution is -2.27. The van der Waals surface area contributed by atoms with Gasteiger partial charge in [-0.05, 0) is 48.2 Å². The molecule has 3 rings (SSSR count). The molecule has 5 nitrogen and oxygen atoms in total. The SMILES string of the molecule is COc1cc(Cl)cc(/C=C2/SC(=O)N(c3ccc(Cl)cc3)C2=O)c1O. The highest BCUT2D eigenvalue weighted by Gasteiger charge is 2.36. The highest BCUT2D eigenvalue weighted by Crippen LogP contribution is 2.39. The Hall–Kier alpha value is -2.15. The van der Waals surface area contributed by atoms with E-state index in [4.69, 9.17) is 27.9 Å². The summed E-state index contributed by atoms with van der Waals surface area (Å²) in [6.07, 6.45) is 1.41. The molecule has 2 aromatic carbocycles. The first-order valence-electron chi connectivity index (χ1n) is 7.00. The van der Waals surface area contributed by atoms with Gasteiger partial charge < -0.3 is 9.84 Å². The number of hydrogen-bond acceptors (Lipinski definition) is 5. The normalized spacial score (nSPS) is 16.0. The summed E-state index contributed by atoms with van der Waals surface area (Å²) >= 11 is 12.6. The Bertz CT molecular complexity index is 896. The molecule has 0 bridgehead atoms. The van der Waals surface area contributed by atoms with Crippen LogP contribution >= 0.6 is 35.0 Å². The number of aromatic hydroxyl groups is 1. The molecule has 0 aliphatic carbocycles. The fourth-order valence-electron chi connectivity index (χ4n) is 2.28. The maximum absolute atomic E-state index is 12.6. The Morgan fingerprint density at radius 2 is 1.80 bits per heavy atom. The molecule has 0 spiro atoms. The second-order valence-electron chi connectivity index (χ2n) is 5.04. The summed E-state index contributed by atoms with van der Waals surface area (Å²) in [4.78, 5) is 26.0. The average molecular weight is 396 g/mol. The van der Waals surface area contributed by atoms with Crippen molar-refractivity contribution in [3.63, 3.8) is 0 Å². The van der Waals surface area contributed by atoms with Crippen molar-refractivity contribution in [1.82, 2.24) is 0 Å². The summed E-state index contributed by atoms with van der Waals surface area (Å²) in [5, 5.41) is 10.6. The number of methoxy groups -OCH3 is 1. The van der Waals surface area contributed by atoms with Crippen molar-refractivity contribution < 1.29 is 19.4 Å². The molecule has 0 atom stereocenters. The van der Waals surface area contributed by atoms with Crippen LogP contribution < -0.4 is 9.64 Å². The number of amides is 2. The van der Waals surface area contributed by atoms with Crippen LogP contribution in [0.3, 0.4) is 0 Å². The van der Waals surface area contributed by atoms with E-state index in [1.165, 1.54) is 25.3 Å². The maximum Gasteiger partial charge on any atom is 0.298 e. The maximum atomic E-state index is 12.6. The number of benzene rings is 2. The molecule has 128 valence electrons. The number of rotatable bonds is 3. The molecular formula is C17H11Cl2NO4S. The third-order valence-electron chi connectivity index (χ3n) is 3.45. The van der Waals surface area contributed by atoms with Crippen molar-refractivity contribution in [2.75, 3.05) is 12.0 Å². The van der Waals surface area contributed by atoms with Gasteiger partial charge in [0.15, 0.2) is 11.5 Å². The van der Waals surface area contributed by atoms with Crippen molar-refractivity contribution in [1.29, 1.82) is 0 Å². The smallest absolute Gasteiger partial charge is 0.298 e. The monoisotopic (exact) mass is 395 g/mol. The number of anilines is 1. The number of ether oxygens (including phenoxy) is 1. The molecule has 0 saturated carbocycles. The quantitative estimate of drug-likeness (QED) is 0.744. The van der Waals surface area contributed by atoms with E-state index in [0.29, 0.717) is 15.7 Å². The van der Waals surface area contributed by atoms with Gasteiger partial charge in [0.25, 0.3) is 11.1 Å². The number of carbonyl (C=O) groups is 2. The minimum absolute atomic E-state index is 0.162. The summed E-state index contributed by atoms with van der Waals surface area (Å²) in [7, 11) is 1.39. The van der Waals surface area contributed by atoms with Crippen LogP contribution in [0, 0.1) is 0 Å². The number of phenolic OH excluding ortho intramolecular Hbond substituents is 1. The van der Waals surface area contributed by atoms with Gasteiger partial charge in [0.05, 0.1) is 17.7 Å². The van der Waals surface area contributed by atoms with E-state index in [2.05, 4.69) is 0 Å². The number of hydrogen-bond donors (Lipinski definition) is 1. The number of thioether (sulfide) groups is 1. The zero-order chi connectivity index (χ0) is 18.1. The first-order valence-corrected chi connectivity index (χ1v) is 8.58. The Balaban J connectivity index is 1.99. The Kier molecular flexibility index (Phi) is 4.94. The third kappa shape index (κ3) is 3.46. The number of halogens is 2. The van der Waals surface area contributed by atoms with Crippen LogP contribution in [-0.4, -0.2) is 23.4 Å². The van der Waals surface area contributed by atoms with Crippen LogP contribution in [0.15, 0.2) is 41.3 Å². The minimum Gasteiger partial charge on any atom is -0.504 e. The average Bonchev–Trinajstić information content (AvgIpc) is 2.85. The number of imide groups is 1. The topological polar surface area (TPSA) is 66.8 Å². The van der Waals surface area contributed by atoms with Gasteiger partial charge in [-0.2, -0.15) is 0 Å². The zero-order valence-corrected chi connectivity index (χ0v) is 15.2. The van der Waals surface area contributed by atoms with Gasteiger partial charge in [0.1, 0.15) is 0 Å². The van der Waals surface area contributed by atoms with E-state index in [0.717, 1.165) is 16.7 Å². The first kappa shape index (κ1) is 17.7. The predicted molar refractivity (Wildman–Crippen MR) is 99.6 cm³/mol. The summed E-state index contributed by atoms with van der Waals surface area (Å²) in [5.74, 6) is -0.475. The van der Waals surface area contributed by atoms with Gasteiger partial charge in [-0.1, -0.05) is 23.2 Å². The van der Waals surface area contributed by atoms with Crippen molar-refractivity contribution >= 4 is 57.9 Å². The molecule has 1 aliphatic heterocycles. The van der Waals surface area contributed by atoms with Gasteiger partial charge in [-0.15, -0.1) is 0 Å². The molecule has 0 unspecified atom stereocenters. The summed E-state index contributed by atoms with van der Waals surface area (Å²) < 4.78 is 5.04. The number of nitrogens with zero attached hydrogens (tertiary/aromatic N) is 1. The van der Waals surface area contributed by atoms with Gasteiger partial charge in [-0.3, -0.25) is 9.59 Å². The molecule has 1 N–H and O–H groups in total. The molecule has 1 aliphatic rings. The van der Waals surface area contributed by atoms with Gasteiger partial charge >= 0.3 is 0 Å². The number of phenols is 1. The summed E-state index contributed by atoms with van der Waals surface area (Å²) in [5.41, 5.74) is 0.703. The van der Waals surface area contributed by atoms with Crippen LogP contribution in [0.4, 0.5) is 10.5 Å². The lowest BCUT2D eigenvalue weighted by atomic mass is 10.1. The molecule has 2 aromatic rings. The van der Waals surface area contributed by atoms with E-state index in [1.54, 1.807) is 24.3 Å². The van der Waals surface area contributed by atoms with E-state index in [9.17, 15) is 14.7 Å². The zero-order valence-electron chi connectivity index (χ0n) is 12.8. The Morgan fingerprint density at radius 1 is 1.12 bits per heavy atom. The second kappa shape index (κ2) is 7.00. The van der Waals surface area contributed by atoms with Crippen molar-refractivity contribution in [2.24, 2.45) is 0 Å². The van der Waals surface area contributed by atoms with Gasteiger partial charge in [0, 0.05) is 21.7 Å². The molecule has 0 radical (unpaired) electrons. The second-order valence-corrected chi connectivity index (χ2v) is 6.91. The van der Waals surface area contributed by atoms with Gasteiger partial charge in [0.2, 0.25) is 0 Å². The lowest BCUT2D eigenvalue weighted by Gasteiger charge is -2.12. The van der Waals surface area contributed by atoms with Crippen LogP contribution in [-0.2, 0) is 4.79 Å². The molecule has 8 heteroatoms. The first-order chi connectivity index (χ1) is 11.9. The summed E-state index contributed by atoms with van der Waals surface area (Å²) in [6, 6.07) is 9.29. The predicted octanol–water partition coefficient (Wildman–Crippen LogP) is 4.95. The van der Waals surface area contributed by atoms with Crippen LogP contribution in [0.25, 0.3) is 6.08 Å². The van der Waals surface area contributed by atoms with E-state index >= 15 is 0 Å². The van der Waals surface area contributed by atoms with E-state index in [-0.39, 0.29) is 22.0 Å². The van der Waals surface area contributed by atoms with Gasteiger partial charge in [-0.25, -0.2) is 4.90 Å². The summed E-state index contributed by atoms with van der Waals surface area (Å²) in [6.45, 7) is 0. The fourth-order valence-corrected chi connectivity index (χ4v) is 3.46. The molecular weight excluding hydrogens is 385 g/mol. The largest absolute Gasteiger partial charge is 0.504 e. The molecule has 1 heterocycles. The molecule has 0 aromatic heterocycles. The van der Waals surface area contributed by atoms with Crippen molar-refractivity contribution in [3.05, 3.63) is 56.9 Å². The molecule has 25 heavy (non-hydrogen) atoms. The molecule has 1 fully saturated rings. The van der Waals surface area contributed by atoms with E-state index in [1.807, 2.05) is 0 Å². The highest BCUT2D eigenvalue weighted by molar-refractivity contribution is 8.19. The highest BCUT2D eigenvalue weighted by atomic mass is 35.5. The standard InChI is InChI=1S/C17H11Cl2NO4S/c1-24-13-8-11(19)6-9(15(13)21)7-14-16(22)20(17(23)25-14)12-4-2-10(18)3-5-12/h2-8,21H,1H3/b14-7+. The molecule has 1 saturated heterocycles. The third-order valence-corrected chi connectivity index (χ3v) is 4.79.